The third-order valence-electron chi connectivity index (χ3n) is 5.71. The van der Waals surface area contributed by atoms with Crippen LogP contribution in [-0.4, -0.2) is 36.3 Å². The number of carbonyl (C=O) groups is 1. The number of benzene rings is 2. The van der Waals surface area contributed by atoms with Crippen LogP contribution in [0.4, 0.5) is 0 Å². The molecule has 0 aliphatic heterocycles. The first-order chi connectivity index (χ1) is 16.6. The van der Waals surface area contributed by atoms with Gasteiger partial charge >= 0.3 is 5.97 Å². The maximum atomic E-state index is 12.2. The van der Waals surface area contributed by atoms with Crippen LogP contribution in [0.2, 0.25) is 0 Å². The van der Waals surface area contributed by atoms with E-state index in [0.717, 1.165) is 37.7 Å². The highest BCUT2D eigenvalue weighted by molar-refractivity contribution is 7.90. The number of nitriles is 1. The summed E-state index contributed by atoms with van der Waals surface area (Å²) in [6.07, 6.45) is 2.98. The Labute approximate surface area is 208 Å². The largest absolute Gasteiger partial charge is 0.490 e. The molecule has 0 bridgehead atoms. The summed E-state index contributed by atoms with van der Waals surface area (Å²) in [7, 11) is -3.94. The van der Waals surface area contributed by atoms with E-state index in [1.54, 1.807) is 18.3 Å². The minimum Gasteiger partial charge on any atom is -0.490 e. The molecule has 1 atom stereocenters. The summed E-state index contributed by atoms with van der Waals surface area (Å²) >= 11 is 1.50. The summed E-state index contributed by atoms with van der Waals surface area (Å²) in [6.45, 7) is 5.82. The molecule has 0 fully saturated rings. The summed E-state index contributed by atoms with van der Waals surface area (Å²) < 4.78 is 32.6. The number of carboxylic acids is 1. The Balaban J connectivity index is 1.66. The van der Waals surface area contributed by atoms with Crippen LogP contribution in [0.15, 0.2) is 36.5 Å². The maximum Gasteiger partial charge on any atom is 0.320 e. The Morgan fingerprint density at radius 3 is 2.80 bits per heavy atom. The predicted molar refractivity (Wildman–Crippen MR) is 134 cm³/mol. The fourth-order valence-electron chi connectivity index (χ4n) is 4.34. The number of thiazole rings is 1. The van der Waals surface area contributed by atoms with Crippen molar-refractivity contribution in [2.75, 3.05) is 5.75 Å². The number of rotatable bonds is 8. The van der Waals surface area contributed by atoms with E-state index < -0.39 is 27.8 Å². The zero-order chi connectivity index (χ0) is 25.3. The molecule has 1 unspecified atom stereocenters. The lowest BCUT2D eigenvalue weighted by atomic mass is 9.97. The van der Waals surface area contributed by atoms with Crippen LogP contribution in [0.5, 0.6) is 5.75 Å². The predicted octanol–water partition coefficient (Wildman–Crippen LogP) is 4.44. The van der Waals surface area contributed by atoms with Crippen LogP contribution in [0.1, 0.15) is 48.6 Å². The van der Waals surface area contributed by atoms with Crippen molar-refractivity contribution in [2.24, 2.45) is 0 Å². The minimum atomic E-state index is -3.94. The van der Waals surface area contributed by atoms with Gasteiger partial charge in [0.05, 0.1) is 16.5 Å². The van der Waals surface area contributed by atoms with E-state index in [9.17, 15) is 18.5 Å². The van der Waals surface area contributed by atoms with Crippen molar-refractivity contribution in [3.05, 3.63) is 58.8 Å². The van der Waals surface area contributed by atoms with E-state index >= 15 is 0 Å². The second-order valence-electron chi connectivity index (χ2n) is 8.71. The third-order valence-corrected chi connectivity index (χ3v) is 8.05. The molecule has 1 aliphatic carbocycles. The second kappa shape index (κ2) is 9.77. The van der Waals surface area contributed by atoms with E-state index in [1.165, 1.54) is 11.3 Å². The number of aromatic nitrogens is 1. The van der Waals surface area contributed by atoms with E-state index in [-0.39, 0.29) is 6.10 Å². The zero-order valence-corrected chi connectivity index (χ0v) is 21.2. The summed E-state index contributed by atoms with van der Waals surface area (Å²) in [5.74, 6) is -1.81. The summed E-state index contributed by atoms with van der Waals surface area (Å²) in [5.41, 5.74) is 5.23. The van der Waals surface area contributed by atoms with E-state index in [2.05, 4.69) is 15.8 Å². The second-order valence-corrected chi connectivity index (χ2v) is 11.5. The lowest BCUT2D eigenvalue weighted by Gasteiger charge is -2.15. The zero-order valence-electron chi connectivity index (χ0n) is 19.5. The molecule has 4 rings (SSSR count). The van der Waals surface area contributed by atoms with E-state index in [1.807, 2.05) is 39.0 Å². The van der Waals surface area contributed by atoms with Gasteiger partial charge in [0, 0.05) is 17.8 Å². The summed E-state index contributed by atoms with van der Waals surface area (Å²) in [6, 6.07) is 11.0. The molecule has 182 valence electrons. The van der Waals surface area contributed by atoms with Gasteiger partial charge in [-0.05, 0) is 74.1 Å². The number of aliphatic carboxylic acids is 1. The van der Waals surface area contributed by atoms with E-state index in [0.29, 0.717) is 24.2 Å². The number of ether oxygens (including phenoxy) is 1. The standard InChI is InChI=1S/C25H25N3O5S2/c1-14(2)33-21-9-5-16(10-17(21)11-26)25-27-12-22(34-25)24-15(3)4-6-18-19(24)7-8-20(18)28-35(31,32)13-23(29)30/h4-6,9-10,12,14,20,28H,7-8,13H2,1-3H3,(H,29,30). The van der Waals surface area contributed by atoms with Gasteiger partial charge in [0.1, 0.15) is 16.8 Å². The molecule has 0 spiro atoms. The van der Waals surface area contributed by atoms with Gasteiger partial charge < -0.3 is 9.84 Å². The van der Waals surface area contributed by atoms with Crippen molar-refractivity contribution in [1.82, 2.24) is 9.71 Å². The van der Waals surface area contributed by atoms with Crippen LogP contribution in [-0.2, 0) is 21.2 Å². The lowest BCUT2D eigenvalue weighted by Crippen LogP contribution is -2.32. The third kappa shape index (κ3) is 5.37. The highest BCUT2D eigenvalue weighted by atomic mass is 32.2. The van der Waals surface area contributed by atoms with Crippen molar-refractivity contribution in [2.45, 2.75) is 45.8 Å². The Bertz CT molecular complexity index is 1440. The van der Waals surface area contributed by atoms with Crippen molar-refractivity contribution >= 4 is 27.3 Å². The Morgan fingerprint density at radius 1 is 1.34 bits per heavy atom. The fraction of sp³-hybridized carbons (Fsp3) is 0.320. The normalized spacial score (nSPS) is 15.1. The molecule has 1 heterocycles. The topological polar surface area (TPSA) is 129 Å². The molecular weight excluding hydrogens is 486 g/mol. The van der Waals surface area contributed by atoms with Crippen LogP contribution in [0.3, 0.4) is 0 Å². The summed E-state index contributed by atoms with van der Waals surface area (Å²) in [4.78, 5) is 16.4. The molecule has 1 aliphatic rings. The van der Waals surface area contributed by atoms with Gasteiger partial charge in [0.2, 0.25) is 10.0 Å². The first-order valence-electron chi connectivity index (χ1n) is 11.1. The number of hydrogen-bond donors (Lipinski definition) is 2. The fourth-order valence-corrected chi connectivity index (χ4v) is 6.47. The molecule has 3 aromatic rings. The highest BCUT2D eigenvalue weighted by Crippen LogP contribution is 2.43. The molecule has 0 radical (unpaired) electrons. The number of nitrogens with zero attached hydrogens (tertiary/aromatic N) is 2. The van der Waals surface area contributed by atoms with Crippen LogP contribution >= 0.6 is 11.3 Å². The van der Waals surface area contributed by atoms with Gasteiger partial charge in [-0.15, -0.1) is 11.3 Å². The minimum absolute atomic E-state index is 0.0417. The molecule has 0 saturated carbocycles. The Kier molecular flexibility index (Phi) is 6.94. The molecule has 0 amide bonds. The molecular formula is C25H25N3O5S2. The number of nitrogens with one attached hydrogen (secondary N) is 1. The monoisotopic (exact) mass is 511 g/mol. The van der Waals surface area contributed by atoms with Gasteiger partial charge in [0.25, 0.3) is 0 Å². The summed E-state index contributed by atoms with van der Waals surface area (Å²) in [5, 5.41) is 19.2. The van der Waals surface area contributed by atoms with Crippen LogP contribution in [0, 0.1) is 18.3 Å². The number of fused-ring (bicyclic) bond motifs is 1. The van der Waals surface area contributed by atoms with Crippen LogP contribution < -0.4 is 9.46 Å². The molecule has 8 nitrogen and oxygen atoms in total. The highest BCUT2D eigenvalue weighted by Gasteiger charge is 2.30. The van der Waals surface area contributed by atoms with Crippen molar-refractivity contribution in [3.8, 4) is 32.8 Å². The van der Waals surface area contributed by atoms with Crippen molar-refractivity contribution < 1.29 is 23.1 Å². The van der Waals surface area contributed by atoms with E-state index in [4.69, 9.17) is 9.84 Å². The van der Waals surface area contributed by atoms with Gasteiger partial charge in [-0.25, -0.2) is 18.1 Å². The van der Waals surface area contributed by atoms with Gasteiger partial charge in [-0.2, -0.15) is 5.26 Å². The van der Waals surface area contributed by atoms with Crippen molar-refractivity contribution in [1.29, 1.82) is 5.26 Å². The Morgan fingerprint density at radius 2 is 2.11 bits per heavy atom. The molecule has 10 heteroatoms. The molecule has 35 heavy (non-hydrogen) atoms. The molecule has 2 aromatic carbocycles. The number of aryl methyl sites for hydroxylation is 1. The number of sulfonamides is 1. The van der Waals surface area contributed by atoms with Gasteiger partial charge in [-0.1, -0.05) is 12.1 Å². The molecule has 2 N–H and O–H groups in total. The van der Waals surface area contributed by atoms with Gasteiger partial charge in [-0.3, -0.25) is 4.79 Å². The first kappa shape index (κ1) is 24.9. The first-order valence-corrected chi connectivity index (χ1v) is 13.6. The van der Waals surface area contributed by atoms with Crippen molar-refractivity contribution in [3.63, 3.8) is 0 Å². The van der Waals surface area contributed by atoms with Crippen LogP contribution in [0.25, 0.3) is 21.0 Å². The maximum absolute atomic E-state index is 12.2. The Hall–Kier alpha value is -3.26. The number of hydrogen-bond acceptors (Lipinski definition) is 7. The number of carboxylic acid groups (broad SMARTS) is 1. The smallest absolute Gasteiger partial charge is 0.320 e. The average molecular weight is 512 g/mol. The van der Waals surface area contributed by atoms with Gasteiger partial charge in [0.15, 0.2) is 5.75 Å². The quantitative estimate of drug-likeness (QED) is 0.457. The molecule has 0 saturated heterocycles. The average Bonchev–Trinajstić information content (AvgIpc) is 3.40. The molecule has 1 aromatic heterocycles. The lowest BCUT2D eigenvalue weighted by molar-refractivity contribution is -0.134. The SMILES string of the molecule is Cc1ccc2c(c1-c1cnc(-c3ccc(OC(C)C)c(C#N)c3)s1)CCC2NS(=O)(=O)CC(=O)O.